The molecule has 0 spiro atoms. The van der Waals surface area contributed by atoms with Crippen LogP contribution < -0.4 is 4.74 Å². The highest BCUT2D eigenvalue weighted by Crippen LogP contribution is 2.37. The van der Waals surface area contributed by atoms with E-state index >= 15 is 0 Å². The first-order valence-electron chi connectivity index (χ1n) is 9.48. The van der Waals surface area contributed by atoms with E-state index in [1.54, 1.807) is 0 Å². The molecule has 1 aromatic carbocycles. The quantitative estimate of drug-likeness (QED) is 0.881. The normalized spacial score (nSPS) is 29.8. The second-order valence-electron chi connectivity index (χ2n) is 7.60. The molecule has 2 aromatic rings. The number of nitrogens with zero attached hydrogens (tertiary/aromatic N) is 1. The number of hydrogen-bond donors (Lipinski definition) is 1. The van der Waals surface area contributed by atoms with Crippen molar-refractivity contribution in [3.8, 4) is 11.7 Å². The molecule has 0 bridgehead atoms. The molecule has 5 nitrogen and oxygen atoms in total. The highest BCUT2D eigenvalue weighted by molar-refractivity contribution is 5.26. The van der Waals surface area contributed by atoms with Crippen LogP contribution in [-0.2, 0) is 11.3 Å². The van der Waals surface area contributed by atoms with Crippen molar-refractivity contribution in [3.63, 3.8) is 0 Å². The Kier molecular flexibility index (Phi) is 5.02. The molecule has 5 heteroatoms. The van der Waals surface area contributed by atoms with Gasteiger partial charge < -0.3 is 19.0 Å². The fourth-order valence-corrected chi connectivity index (χ4v) is 4.19. The van der Waals surface area contributed by atoms with Crippen molar-refractivity contribution in [2.75, 3.05) is 19.8 Å². The van der Waals surface area contributed by atoms with Gasteiger partial charge in [-0.3, -0.25) is 4.90 Å². The summed E-state index contributed by atoms with van der Waals surface area (Å²) in [6.07, 6.45) is 2.95. The Bertz CT molecular complexity index is 712. The molecule has 0 aliphatic carbocycles. The minimum Gasteiger partial charge on any atom is -0.429 e. The summed E-state index contributed by atoms with van der Waals surface area (Å²) in [4.78, 5) is 2.42. The molecule has 0 radical (unpaired) electrons. The molecule has 2 saturated heterocycles. The zero-order chi connectivity index (χ0) is 18.0. The molecular formula is C21H27NO4. The predicted octanol–water partition coefficient (Wildman–Crippen LogP) is 3.82. The standard InChI is InChI=1S/C21H27NO4/c1-21(23)11-13-24-15-18(21)19-8-5-12-22(19)14-17-9-10-20(26-17)25-16-6-3-2-4-7-16/h2-4,6-7,9-10,18-19,23H,5,8,11-15H2,1H3/t18-,19-,21-/m0/s1. The van der Waals surface area contributed by atoms with Gasteiger partial charge in [0.1, 0.15) is 11.5 Å². The summed E-state index contributed by atoms with van der Waals surface area (Å²) in [5, 5.41) is 10.8. The average molecular weight is 357 g/mol. The minimum atomic E-state index is -0.656. The first-order chi connectivity index (χ1) is 12.6. The number of rotatable bonds is 5. The van der Waals surface area contributed by atoms with Crippen molar-refractivity contribution in [1.82, 2.24) is 4.90 Å². The second-order valence-corrected chi connectivity index (χ2v) is 7.60. The summed E-state index contributed by atoms with van der Waals surface area (Å²) < 4.78 is 17.3. The van der Waals surface area contributed by atoms with Gasteiger partial charge in [0.05, 0.1) is 18.8 Å². The molecule has 2 aliphatic heterocycles. The van der Waals surface area contributed by atoms with Gasteiger partial charge in [0.2, 0.25) is 0 Å². The first-order valence-corrected chi connectivity index (χ1v) is 9.48. The molecule has 4 rings (SSSR count). The number of para-hydroxylation sites is 1. The van der Waals surface area contributed by atoms with Gasteiger partial charge in [-0.1, -0.05) is 18.2 Å². The van der Waals surface area contributed by atoms with E-state index in [9.17, 15) is 5.11 Å². The largest absolute Gasteiger partial charge is 0.429 e. The highest BCUT2D eigenvalue weighted by atomic mass is 16.6. The maximum Gasteiger partial charge on any atom is 0.290 e. The summed E-state index contributed by atoms with van der Waals surface area (Å²) in [6, 6.07) is 13.8. The van der Waals surface area contributed by atoms with Crippen LogP contribution in [0.2, 0.25) is 0 Å². The van der Waals surface area contributed by atoms with Crippen molar-refractivity contribution in [2.24, 2.45) is 5.92 Å². The van der Waals surface area contributed by atoms with E-state index in [2.05, 4.69) is 4.90 Å². The summed E-state index contributed by atoms with van der Waals surface area (Å²) in [7, 11) is 0. The SMILES string of the molecule is C[C@]1(O)CCOC[C@H]1[C@@H]1CCCN1Cc1ccc(Oc2ccccc2)o1. The van der Waals surface area contributed by atoms with Gasteiger partial charge in [-0.2, -0.15) is 0 Å². The Balaban J connectivity index is 1.42. The van der Waals surface area contributed by atoms with Gasteiger partial charge in [0.15, 0.2) is 0 Å². The highest BCUT2D eigenvalue weighted by Gasteiger charge is 2.44. The van der Waals surface area contributed by atoms with Crippen molar-refractivity contribution in [3.05, 3.63) is 48.2 Å². The van der Waals surface area contributed by atoms with Crippen molar-refractivity contribution in [1.29, 1.82) is 0 Å². The Morgan fingerprint density at radius 2 is 2.08 bits per heavy atom. The van der Waals surface area contributed by atoms with Gasteiger partial charge in [-0.05, 0) is 50.9 Å². The lowest BCUT2D eigenvalue weighted by Crippen LogP contribution is -2.52. The molecule has 26 heavy (non-hydrogen) atoms. The van der Waals surface area contributed by atoms with Crippen molar-refractivity contribution in [2.45, 2.75) is 44.4 Å². The number of ether oxygens (including phenoxy) is 2. The maximum absolute atomic E-state index is 10.8. The number of hydrogen-bond acceptors (Lipinski definition) is 5. The fraction of sp³-hybridized carbons (Fsp3) is 0.524. The van der Waals surface area contributed by atoms with E-state index in [4.69, 9.17) is 13.9 Å². The molecule has 3 atom stereocenters. The summed E-state index contributed by atoms with van der Waals surface area (Å²) in [5.74, 6) is 2.31. The van der Waals surface area contributed by atoms with Crippen LogP contribution in [0.3, 0.4) is 0 Å². The van der Waals surface area contributed by atoms with E-state index in [1.165, 1.54) is 0 Å². The minimum absolute atomic E-state index is 0.147. The van der Waals surface area contributed by atoms with Crippen LogP contribution in [0.25, 0.3) is 0 Å². The topological polar surface area (TPSA) is 55.1 Å². The van der Waals surface area contributed by atoms with Gasteiger partial charge >= 0.3 is 0 Å². The number of benzene rings is 1. The van der Waals surface area contributed by atoms with Gasteiger partial charge in [0.25, 0.3) is 5.95 Å². The molecule has 2 fully saturated rings. The monoisotopic (exact) mass is 357 g/mol. The lowest BCUT2D eigenvalue weighted by Gasteiger charge is -2.43. The Morgan fingerprint density at radius 3 is 2.88 bits per heavy atom. The average Bonchev–Trinajstić information content (AvgIpc) is 3.25. The van der Waals surface area contributed by atoms with E-state index in [0.29, 0.717) is 31.6 Å². The van der Waals surface area contributed by atoms with Crippen LogP contribution in [0, 0.1) is 5.92 Å². The van der Waals surface area contributed by atoms with E-state index < -0.39 is 5.60 Å². The molecule has 3 heterocycles. The number of aliphatic hydroxyl groups is 1. The van der Waals surface area contributed by atoms with Crippen LogP contribution in [0.5, 0.6) is 11.7 Å². The third-order valence-electron chi connectivity index (χ3n) is 5.69. The molecule has 1 N–H and O–H groups in total. The van der Waals surface area contributed by atoms with E-state index in [1.807, 2.05) is 49.4 Å². The van der Waals surface area contributed by atoms with E-state index in [0.717, 1.165) is 37.4 Å². The van der Waals surface area contributed by atoms with Crippen LogP contribution in [0.15, 0.2) is 46.9 Å². The van der Waals surface area contributed by atoms with E-state index in [-0.39, 0.29) is 5.92 Å². The number of likely N-dealkylation sites (tertiary alicyclic amines) is 1. The first kappa shape index (κ1) is 17.6. The molecule has 0 amide bonds. The van der Waals surface area contributed by atoms with Crippen LogP contribution in [0.4, 0.5) is 0 Å². The molecule has 140 valence electrons. The summed E-state index contributed by atoms with van der Waals surface area (Å²) in [6.45, 7) is 4.99. The van der Waals surface area contributed by atoms with Gasteiger partial charge in [-0.25, -0.2) is 0 Å². The molecular weight excluding hydrogens is 330 g/mol. The third-order valence-corrected chi connectivity index (χ3v) is 5.69. The summed E-state index contributed by atoms with van der Waals surface area (Å²) >= 11 is 0. The second kappa shape index (κ2) is 7.43. The Morgan fingerprint density at radius 1 is 1.23 bits per heavy atom. The fourth-order valence-electron chi connectivity index (χ4n) is 4.19. The van der Waals surface area contributed by atoms with Crippen LogP contribution in [0.1, 0.15) is 31.9 Å². The lowest BCUT2D eigenvalue weighted by molar-refractivity contribution is -0.124. The van der Waals surface area contributed by atoms with Crippen molar-refractivity contribution < 1.29 is 19.0 Å². The smallest absolute Gasteiger partial charge is 0.290 e. The maximum atomic E-state index is 10.8. The van der Waals surface area contributed by atoms with Crippen LogP contribution in [-0.4, -0.2) is 41.4 Å². The number of furan rings is 1. The molecule has 0 saturated carbocycles. The van der Waals surface area contributed by atoms with Gasteiger partial charge in [0, 0.05) is 24.6 Å². The predicted molar refractivity (Wildman–Crippen MR) is 98.2 cm³/mol. The third kappa shape index (κ3) is 3.80. The lowest BCUT2D eigenvalue weighted by atomic mass is 9.79. The zero-order valence-corrected chi connectivity index (χ0v) is 15.3. The van der Waals surface area contributed by atoms with Crippen LogP contribution >= 0.6 is 0 Å². The Labute approximate surface area is 154 Å². The molecule has 2 aliphatic rings. The van der Waals surface area contributed by atoms with Gasteiger partial charge in [-0.15, -0.1) is 0 Å². The van der Waals surface area contributed by atoms with Crippen molar-refractivity contribution >= 4 is 0 Å². The summed E-state index contributed by atoms with van der Waals surface area (Å²) in [5.41, 5.74) is -0.656. The molecule has 1 aromatic heterocycles. The Hall–Kier alpha value is -1.82. The zero-order valence-electron chi connectivity index (χ0n) is 15.3. The molecule has 0 unspecified atom stereocenters.